The third-order valence-corrected chi connectivity index (χ3v) is 12.2. The minimum absolute atomic E-state index is 0.109. The van der Waals surface area contributed by atoms with E-state index in [0.717, 1.165) is 122 Å². The Balaban J connectivity index is 4.54. The molecule has 0 heterocycles. The Morgan fingerprint density at radius 1 is 0.297 bits per heavy atom. The van der Waals surface area contributed by atoms with Gasteiger partial charge in [-0.3, -0.25) is 14.4 Å². The molecular weight excluding hydrogens is 913 g/mol. The molecule has 6 nitrogen and oxygen atoms in total. The van der Waals surface area contributed by atoms with Gasteiger partial charge < -0.3 is 14.2 Å². The van der Waals surface area contributed by atoms with Crippen molar-refractivity contribution in [1.29, 1.82) is 0 Å². The Morgan fingerprint density at radius 3 is 1.03 bits per heavy atom. The van der Waals surface area contributed by atoms with Gasteiger partial charge in [-0.2, -0.15) is 0 Å². The van der Waals surface area contributed by atoms with Crippen molar-refractivity contribution in [1.82, 2.24) is 0 Å². The van der Waals surface area contributed by atoms with Crippen molar-refractivity contribution in [3.63, 3.8) is 0 Å². The number of esters is 3. The van der Waals surface area contributed by atoms with E-state index in [1.807, 2.05) is 24.3 Å². The maximum Gasteiger partial charge on any atom is 0.306 e. The number of ether oxygens (including phenoxy) is 3. The van der Waals surface area contributed by atoms with Gasteiger partial charge in [0.1, 0.15) is 13.2 Å². The Bertz CT molecular complexity index is 1640. The van der Waals surface area contributed by atoms with Crippen LogP contribution in [0.4, 0.5) is 0 Å². The predicted molar refractivity (Wildman–Crippen MR) is 320 cm³/mol. The highest BCUT2D eigenvalue weighted by molar-refractivity contribution is 5.71. The van der Waals surface area contributed by atoms with Crippen LogP contribution in [-0.4, -0.2) is 37.2 Å². The van der Waals surface area contributed by atoms with Crippen LogP contribution in [-0.2, 0) is 28.6 Å². The van der Waals surface area contributed by atoms with Gasteiger partial charge in [0.25, 0.3) is 0 Å². The second-order valence-electron chi connectivity index (χ2n) is 19.3. The predicted octanol–water partition coefficient (Wildman–Crippen LogP) is 20.4. The van der Waals surface area contributed by atoms with Gasteiger partial charge >= 0.3 is 17.9 Å². The SMILES string of the molecule is CC/C=C\C/C=C\C/C=C\C/C=C\C/C=C\CCCCCC(=O)OCC(COC(=O)CCCCCCC\C=C/C=C\C=C/C=C\C=C/CCC)OC(=O)CCCCCCCCCCCC/C=C\C=C/CCCCC. The lowest BCUT2D eigenvalue weighted by Gasteiger charge is -2.18. The van der Waals surface area contributed by atoms with Crippen molar-refractivity contribution in [2.24, 2.45) is 0 Å². The zero-order valence-electron chi connectivity index (χ0n) is 47.5. The van der Waals surface area contributed by atoms with Gasteiger partial charge in [0, 0.05) is 19.3 Å². The molecule has 1 unspecified atom stereocenters. The Labute approximate surface area is 455 Å². The van der Waals surface area contributed by atoms with E-state index >= 15 is 0 Å². The fourth-order valence-electron chi connectivity index (χ4n) is 7.72. The van der Waals surface area contributed by atoms with Crippen molar-refractivity contribution < 1.29 is 28.6 Å². The van der Waals surface area contributed by atoms with Gasteiger partial charge in [-0.15, -0.1) is 0 Å². The van der Waals surface area contributed by atoms with Crippen molar-refractivity contribution >= 4 is 17.9 Å². The third kappa shape index (κ3) is 58.2. The Morgan fingerprint density at radius 2 is 0.608 bits per heavy atom. The van der Waals surface area contributed by atoms with E-state index in [4.69, 9.17) is 14.2 Å². The van der Waals surface area contributed by atoms with Crippen LogP contribution in [0.5, 0.6) is 0 Å². The summed E-state index contributed by atoms with van der Waals surface area (Å²) >= 11 is 0. The molecule has 0 aliphatic rings. The van der Waals surface area contributed by atoms with Gasteiger partial charge in [0.05, 0.1) is 0 Å². The number of allylic oxidation sites excluding steroid dienone is 24. The van der Waals surface area contributed by atoms with E-state index in [1.54, 1.807) is 0 Å². The molecule has 0 saturated carbocycles. The summed E-state index contributed by atoms with van der Waals surface area (Å²) in [5, 5.41) is 0. The lowest BCUT2D eigenvalue weighted by atomic mass is 10.1. The topological polar surface area (TPSA) is 78.9 Å². The molecule has 1 atom stereocenters. The van der Waals surface area contributed by atoms with Crippen molar-refractivity contribution in [2.75, 3.05) is 13.2 Å². The van der Waals surface area contributed by atoms with Crippen LogP contribution in [0.25, 0.3) is 0 Å². The summed E-state index contributed by atoms with van der Waals surface area (Å²) < 4.78 is 16.9. The summed E-state index contributed by atoms with van der Waals surface area (Å²) in [6, 6.07) is 0. The molecule has 416 valence electrons. The van der Waals surface area contributed by atoms with E-state index in [-0.39, 0.29) is 31.1 Å². The molecule has 6 heteroatoms. The minimum Gasteiger partial charge on any atom is -0.462 e. The first kappa shape index (κ1) is 69.3. The molecule has 0 aliphatic carbocycles. The van der Waals surface area contributed by atoms with Gasteiger partial charge in [-0.1, -0.05) is 263 Å². The van der Waals surface area contributed by atoms with Crippen LogP contribution in [0, 0.1) is 0 Å². The molecule has 0 rings (SSSR count). The van der Waals surface area contributed by atoms with Crippen LogP contribution in [0.2, 0.25) is 0 Å². The molecule has 0 aromatic rings. The minimum atomic E-state index is -0.813. The summed E-state index contributed by atoms with van der Waals surface area (Å²) in [7, 11) is 0. The first-order valence-corrected chi connectivity index (χ1v) is 29.9. The molecule has 0 saturated heterocycles. The summed E-state index contributed by atoms with van der Waals surface area (Å²) in [5.41, 5.74) is 0. The highest BCUT2D eigenvalue weighted by Gasteiger charge is 2.19. The van der Waals surface area contributed by atoms with E-state index < -0.39 is 6.10 Å². The molecule has 0 radical (unpaired) electrons. The number of hydrogen-bond donors (Lipinski definition) is 0. The lowest BCUT2D eigenvalue weighted by Crippen LogP contribution is -2.30. The maximum absolute atomic E-state index is 12.9. The number of rotatable bonds is 52. The zero-order valence-corrected chi connectivity index (χ0v) is 47.5. The molecule has 0 fully saturated rings. The first-order chi connectivity index (χ1) is 36.5. The fraction of sp³-hybridized carbons (Fsp3) is 0.603. The second-order valence-corrected chi connectivity index (χ2v) is 19.3. The van der Waals surface area contributed by atoms with Crippen LogP contribution in [0.1, 0.15) is 245 Å². The molecule has 0 N–H and O–H groups in total. The normalized spacial score (nSPS) is 13.2. The first-order valence-electron chi connectivity index (χ1n) is 29.9. The van der Waals surface area contributed by atoms with E-state index in [1.165, 1.54) is 83.5 Å². The third-order valence-electron chi connectivity index (χ3n) is 12.2. The Kier molecular flexibility index (Phi) is 57.0. The lowest BCUT2D eigenvalue weighted by molar-refractivity contribution is -0.167. The standard InChI is InChI=1S/C68H108O6/c1-4-7-10-13-16-19-22-25-28-31-34-37-40-43-46-49-52-55-58-61-67(70)73-64-65(63-72-66(69)60-57-54-51-48-45-42-39-36-33-30-27-24-21-18-15-12-9-6-3)74-68(71)62-59-56-53-50-47-44-41-38-35-32-29-26-23-20-17-14-11-8-5-2/h7,10,12,15-21,23-28,30,33-34,36-37,39,43,46,65H,4-6,8-9,11,13-14,22,29,31-32,35,38,40-42,44-45,47-64H2,1-3H3/b10-7-,15-12-,19-16-,20-17-,21-18-,26-23-,27-24-,28-25-,33-30-,37-34-,39-36-,46-43-. The van der Waals surface area contributed by atoms with Gasteiger partial charge in [-0.25, -0.2) is 0 Å². The molecular formula is C68H108O6. The van der Waals surface area contributed by atoms with Gasteiger partial charge in [-0.05, 0) is 109 Å². The van der Waals surface area contributed by atoms with Crippen molar-refractivity contribution in [3.05, 3.63) is 146 Å². The second kappa shape index (κ2) is 60.8. The average molecular weight is 1020 g/mol. The van der Waals surface area contributed by atoms with Crippen molar-refractivity contribution in [3.8, 4) is 0 Å². The van der Waals surface area contributed by atoms with Gasteiger partial charge in [0.2, 0.25) is 0 Å². The number of hydrogen-bond acceptors (Lipinski definition) is 6. The highest BCUT2D eigenvalue weighted by Crippen LogP contribution is 2.14. The van der Waals surface area contributed by atoms with E-state index in [9.17, 15) is 14.4 Å². The van der Waals surface area contributed by atoms with Crippen molar-refractivity contribution in [2.45, 2.75) is 252 Å². The zero-order chi connectivity index (χ0) is 53.6. The number of carbonyl (C=O) groups excluding carboxylic acids is 3. The summed E-state index contributed by atoms with van der Waals surface area (Å²) in [4.78, 5) is 38.3. The fourth-order valence-corrected chi connectivity index (χ4v) is 7.72. The van der Waals surface area contributed by atoms with Gasteiger partial charge in [0.15, 0.2) is 6.10 Å². The van der Waals surface area contributed by atoms with Crippen LogP contribution in [0.15, 0.2) is 146 Å². The molecule has 74 heavy (non-hydrogen) atoms. The monoisotopic (exact) mass is 1020 g/mol. The smallest absolute Gasteiger partial charge is 0.306 e. The number of carbonyl (C=O) groups is 3. The molecule has 0 bridgehead atoms. The van der Waals surface area contributed by atoms with Crippen LogP contribution < -0.4 is 0 Å². The van der Waals surface area contributed by atoms with Crippen LogP contribution >= 0.6 is 0 Å². The molecule has 0 spiro atoms. The van der Waals surface area contributed by atoms with E-state index in [2.05, 4.69) is 142 Å². The largest absolute Gasteiger partial charge is 0.462 e. The molecule has 0 aromatic carbocycles. The summed E-state index contributed by atoms with van der Waals surface area (Å²) in [6.07, 6.45) is 86.8. The Hall–Kier alpha value is -4.71. The molecule has 0 aliphatic heterocycles. The van der Waals surface area contributed by atoms with Crippen LogP contribution in [0.3, 0.4) is 0 Å². The number of unbranched alkanes of at least 4 members (excludes halogenated alkanes) is 22. The summed E-state index contributed by atoms with van der Waals surface area (Å²) in [5.74, 6) is -0.971. The van der Waals surface area contributed by atoms with E-state index in [0.29, 0.717) is 19.3 Å². The quantitative estimate of drug-likeness (QED) is 0.0199. The molecule has 0 amide bonds. The average Bonchev–Trinajstić information content (AvgIpc) is 3.40. The summed E-state index contributed by atoms with van der Waals surface area (Å²) in [6.45, 7) is 6.35. The molecule has 0 aromatic heterocycles. The maximum atomic E-state index is 12.9. The highest BCUT2D eigenvalue weighted by atomic mass is 16.6.